The fourth-order valence-electron chi connectivity index (χ4n) is 6.90. The summed E-state index contributed by atoms with van der Waals surface area (Å²) in [5.74, 6) is -0.830. The van der Waals surface area contributed by atoms with Crippen molar-refractivity contribution in [1.82, 2.24) is 9.80 Å². The smallest absolute Gasteiger partial charge is 0.320 e. The Morgan fingerprint density at radius 2 is 1.62 bits per heavy atom. The second-order valence-electron chi connectivity index (χ2n) is 13.2. The van der Waals surface area contributed by atoms with Crippen molar-refractivity contribution in [1.29, 1.82) is 0 Å². The van der Waals surface area contributed by atoms with Gasteiger partial charge in [-0.25, -0.2) is 0 Å². The van der Waals surface area contributed by atoms with Crippen LogP contribution < -0.4 is 0 Å². The Kier molecular flexibility index (Phi) is 8.61. The molecule has 5 rings (SSSR count). The number of piperidine rings is 2. The number of benzene rings is 2. The van der Waals surface area contributed by atoms with Crippen molar-refractivity contribution in [3.05, 3.63) is 83.6 Å². The first-order chi connectivity index (χ1) is 20.0. The minimum absolute atomic E-state index is 0.0380. The molecule has 42 heavy (non-hydrogen) atoms. The summed E-state index contributed by atoms with van der Waals surface area (Å²) in [5.41, 5.74) is 1.46. The summed E-state index contributed by atoms with van der Waals surface area (Å²) in [6, 6.07) is 20.2. The number of esters is 1. The molecule has 4 atom stereocenters. The van der Waals surface area contributed by atoms with Crippen molar-refractivity contribution < 1.29 is 23.9 Å². The lowest BCUT2D eigenvalue weighted by Gasteiger charge is -2.53. The van der Waals surface area contributed by atoms with E-state index in [4.69, 9.17) is 9.47 Å². The number of hydrogen-bond donors (Lipinski definition) is 0. The van der Waals surface area contributed by atoms with Gasteiger partial charge in [0.15, 0.2) is 0 Å². The number of methoxy groups -OCH3 is 1. The van der Waals surface area contributed by atoms with E-state index in [2.05, 4.69) is 45.0 Å². The highest BCUT2D eigenvalue weighted by molar-refractivity contribution is 5.92. The zero-order valence-corrected chi connectivity index (χ0v) is 25.5. The van der Waals surface area contributed by atoms with Crippen molar-refractivity contribution in [2.75, 3.05) is 20.2 Å². The maximum Gasteiger partial charge on any atom is 0.320 e. The molecule has 0 N–H and O–H groups in total. The van der Waals surface area contributed by atoms with Crippen LogP contribution >= 0.6 is 0 Å². The third-order valence-electron chi connectivity index (χ3n) is 9.41. The van der Waals surface area contributed by atoms with Crippen LogP contribution in [0.5, 0.6) is 0 Å². The molecule has 2 aromatic rings. The number of likely N-dealkylation sites (tertiary alicyclic amines) is 2. The molecule has 0 saturated carbocycles. The molecule has 0 aromatic heterocycles. The number of amides is 2. The summed E-state index contributed by atoms with van der Waals surface area (Å²) in [5, 5.41) is 0. The predicted molar refractivity (Wildman–Crippen MR) is 161 cm³/mol. The van der Waals surface area contributed by atoms with Crippen LogP contribution in [0, 0.1) is 16.7 Å². The largest absolute Gasteiger partial charge is 0.468 e. The Bertz CT molecular complexity index is 1310. The van der Waals surface area contributed by atoms with Gasteiger partial charge < -0.3 is 19.3 Å². The monoisotopic (exact) mass is 572 g/mol. The molecular formula is C35H44N2O5. The van der Waals surface area contributed by atoms with Crippen LogP contribution in [0.25, 0.3) is 0 Å². The Labute approximate surface area is 249 Å². The Hall–Kier alpha value is -3.45. The molecule has 2 amide bonds. The van der Waals surface area contributed by atoms with Crippen LogP contribution in [0.2, 0.25) is 0 Å². The Balaban J connectivity index is 1.44. The summed E-state index contributed by atoms with van der Waals surface area (Å²) in [4.78, 5) is 45.3. The van der Waals surface area contributed by atoms with E-state index in [9.17, 15) is 14.4 Å². The molecule has 2 fully saturated rings. The third kappa shape index (κ3) is 5.76. The zero-order chi connectivity index (χ0) is 30.1. The molecule has 7 nitrogen and oxygen atoms in total. The Morgan fingerprint density at radius 3 is 2.21 bits per heavy atom. The topological polar surface area (TPSA) is 76.2 Å². The van der Waals surface area contributed by atoms with Gasteiger partial charge >= 0.3 is 5.97 Å². The van der Waals surface area contributed by atoms with Crippen molar-refractivity contribution in [3.8, 4) is 0 Å². The highest BCUT2D eigenvalue weighted by Crippen LogP contribution is 2.52. The van der Waals surface area contributed by atoms with Gasteiger partial charge in [-0.2, -0.15) is 0 Å². The average molecular weight is 573 g/mol. The number of carbonyl (C=O) groups is 3. The molecule has 3 aliphatic rings. The van der Waals surface area contributed by atoms with Crippen LogP contribution in [0.15, 0.2) is 72.4 Å². The van der Waals surface area contributed by atoms with Gasteiger partial charge in [-0.3, -0.25) is 14.4 Å². The first-order valence-corrected chi connectivity index (χ1v) is 15.2. The van der Waals surface area contributed by atoms with Crippen molar-refractivity contribution in [2.24, 2.45) is 16.7 Å². The lowest BCUT2D eigenvalue weighted by Crippen LogP contribution is -2.61. The van der Waals surface area contributed by atoms with Gasteiger partial charge in [0.25, 0.3) is 0 Å². The van der Waals surface area contributed by atoms with Crippen molar-refractivity contribution in [2.45, 2.75) is 78.0 Å². The van der Waals surface area contributed by atoms with E-state index in [1.54, 1.807) is 4.90 Å². The van der Waals surface area contributed by atoms with Gasteiger partial charge in [-0.15, -0.1) is 0 Å². The fraction of sp³-hybridized carbons (Fsp3) is 0.514. The van der Waals surface area contributed by atoms with E-state index in [0.717, 1.165) is 18.4 Å². The predicted octanol–water partition coefficient (Wildman–Crippen LogP) is 5.71. The number of rotatable bonds is 6. The SMILES string of the molecule is COC(=O)[C@]12C[C@H](CC(=O)N3CCC(c4ccccc4)CC3)C(=O)N(Cc3ccccc3)C1=C[C@H](C(C)(C)C)O[C@@H]2C. The maximum absolute atomic E-state index is 14.3. The standard InChI is InChI=1S/C35H44N2O5/c1-24-35(33(40)41-5)22-28(20-31(38)36-18-16-27(17-19-36)26-14-10-7-11-15-26)32(39)37(23-25-12-8-6-9-13-25)29(35)21-30(42-24)34(2,3)4/h6-15,21,24,27-28,30H,16-20,22-23H2,1-5H3/t24-,28+,30-,35+/m1/s1. The zero-order valence-electron chi connectivity index (χ0n) is 25.5. The summed E-state index contributed by atoms with van der Waals surface area (Å²) in [7, 11) is 1.38. The Morgan fingerprint density at radius 1 is 1.00 bits per heavy atom. The maximum atomic E-state index is 14.3. The number of carbonyl (C=O) groups excluding carboxylic acids is 3. The number of ether oxygens (including phenoxy) is 2. The number of nitrogens with zero attached hydrogens (tertiary/aromatic N) is 2. The quantitative estimate of drug-likeness (QED) is 0.415. The van der Waals surface area contributed by atoms with E-state index in [-0.39, 0.29) is 36.2 Å². The lowest BCUT2D eigenvalue weighted by molar-refractivity contribution is -0.180. The summed E-state index contributed by atoms with van der Waals surface area (Å²) in [6.07, 6.45) is 3.14. The van der Waals surface area contributed by atoms with Crippen LogP contribution in [-0.2, 0) is 30.4 Å². The fourth-order valence-corrected chi connectivity index (χ4v) is 6.90. The van der Waals surface area contributed by atoms with Crippen LogP contribution in [-0.4, -0.2) is 60.0 Å². The molecule has 0 radical (unpaired) electrons. The number of fused-ring (bicyclic) bond motifs is 1. The van der Waals surface area contributed by atoms with Gasteiger partial charge in [0.1, 0.15) is 5.41 Å². The van der Waals surface area contributed by atoms with Crippen molar-refractivity contribution in [3.63, 3.8) is 0 Å². The summed E-state index contributed by atoms with van der Waals surface area (Å²) < 4.78 is 11.9. The summed E-state index contributed by atoms with van der Waals surface area (Å²) >= 11 is 0. The molecular weight excluding hydrogens is 528 g/mol. The van der Waals surface area contributed by atoms with E-state index < -0.39 is 23.4 Å². The van der Waals surface area contributed by atoms with E-state index in [1.165, 1.54) is 12.7 Å². The molecule has 3 aliphatic heterocycles. The molecule has 0 spiro atoms. The second kappa shape index (κ2) is 12.0. The first-order valence-electron chi connectivity index (χ1n) is 15.2. The molecule has 0 unspecified atom stereocenters. The molecule has 2 saturated heterocycles. The van der Waals surface area contributed by atoms with Gasteiger partial charge in [0, 0.05) is 31.1 Å². The minimum atomic E-state index is -1.19. The minimum Gasteiger partial charge on any atom is -0.468 e. The van der Waals surface area contributed by atoms with E-state index >= 15 is 0 Å². The van der Waals surface area contributed by atoms with Gasteiger partial charge in [0.2, 0.25) is 11.8 Å². The number of hydrogen-bond acceptors (Lipinski definition) is 5. The molecule has 7 heteroatoms. The van der Waals surface area contributed by atoms with Gasteiger partial charge in [-0.1, -0.05) is 81.4 Å². The second-order valence-corrected chi connectivity index (χ2v) is 13.2. The van der Waals surface area contributed by atoms with Crippen LogP contribution in [0.4, 0.5) is 0 Å². The van der Waals surface area contributed by atoms with E-state index in [0.29, 0.717) is 31.2 Å². The molecule has 0 aliphatic carbocycles. The lowest BCUT2D eigenvalue weighted by atomic mass is 9.65. The molecule has 0 bridgehead atoms. The highest BCUT2D eigenvalue weighted by Gasteiger charge is 2.60. The average Bonchev–Trinajstić information content (AvgIpc) is 2.99. The highest BCUT2D eigenvalue weighted by atomic mass is 16.5. The van der Waals surface area contributed by atoms with Gasteiger partial charge in [-0.05, 0) is 54.7 Å². The molecule has 2 aromatic carbocycles. The summed E-state index contributed by atoms with van der Waals surface area (Å²) in [6.45, 7) is 9.78. The molecule has 224 valence electrons. The van der Waals surface area contributed by atoms with Crippen LogP contribution in [0.3, 0.4) is 0 Å². The van der Waals surface area contributed by atoms with E-state index in [1.807, 2.05) is 54.3 Å². The normalized spacial score (nSPS) is 26.8. The van der Waals surface area contributed by atoms with Gasteiger partial charge in [0.05, 0.1) is 25.9 Å². The van der Waals surface area contributed by atoms with Crippen LogP contribution in [0.1, 0.15) is 70.4 Å². The molecule has 3 heterocycles. The first kappa shape index (κ1) is 30.0. The third-order valence-corrected chi connectivity index (χ3v) is 9.41. The van der Waals surface area contributed by atoms with Crippen molar-refractivity contribution >= 4 is 17.8 Å².